The number of amides is 1. The standard InChI is InChI=1S/C21H29N5O2S.HI/c1-15-25-18(14-29-15)10-12-24-21(22-2)23-11-9-16-3-7-19(8-4-16)28-13-20(27)26-17-5-6-17;/h3-4,7-8,14,17H,5-6,9-13H2,1-2H3,(H,26,27)(H2,22,23,24);1H. The summed E-state index contributed by atoms with van der Waals surface area (Å²) in [6, 6.07) is 8.22. The molecule has 3 rings (SSSR count). The number of aryl methyl sites for hydroxylation is 1. The third kappa shape index (κ3) is 8.86. The average molecular weight is 543 g/mol. The van der Waals surface area contributed by atoms with Crippen molar-refractivity contribution in [1.82, 2.24) is 20.9 Å². The molecule has 1 aliphatic rings. The van der Waals surface area contributed by atoms with Gasteiger partial charge in [-0.15, -0.1) is 35.3 Å². The lowest BCUT2D eigenvalue weighted by molar-refractivity contribution is -0.123. The lowest BCUT2D eigenvalue weighted by Crippen LogP contribution is -2.39. The van der Waals surface area contributed by atoms with Crippen molar-refractivity contribution in [2.24, 2.45) is 4.99 Å². The Bertz CT molecular complexity index is 821. The molecule has 1 aliphatic carbocycles. The molecule has 3 N–H and O–H groups in total. The van der Waals surface area contributed by atoms with Crippen LogP contribution in [0, 0.1) is 6.92 Å². The number of aromatic nitrogens is 1. The molecule has 0 spiro atoms. The highest BCUT2D eigenvalue weighted by Gasteiger charge is 2.23. The number of hydrogen-bond donors (Lipinski definition) is 3. The number of aliphatic imine (C=N–C) groups is 1. The molecule has 2 aromatic rings. The number of hydrogen-bond acceptors (Lipinski definition) is 5. The third-order valence-electron chi connectivity index (χ3n) is 4.51. The summed E-state index contributed by atoms with van der Waals surface area (Å²) in [6.07, 6.45) is 3.92. The first-order chi connectivity index (χ1) is 14.1. The van der Waals surface area contributed by atoms with E-state index in [0.717, 1.165) is 55.4 Å². The van der Waals surface area contributed by atoms with Crippen LogP contribution in [0.4, 0.5) is 0 Å². The molecule has 1 amide bonds. The average Bonchev–Trinajstić information content (AvgIpc) is 3.44. The second-order valence-corrected chi connectivity index (χ2v) is 8.12. The molecule has 164 valence electrons. The van der Waals surface area contributed by atoms with Gasteiger partial charge in [0.15, 0.2) is 12.6 Å². The monoisotopic (exact) mass is 543 g/mol. The molecule has 1 saturated carbocycles. The van der Waals surface area contributed by atoms with E-state index in [1.807, 2.05) is 31.2 Å². The van der Waals surface area contributed by atoms with E-state index in [1.165, 1.54) is 5.56 Å². The highest BCUT2D eigenvalue weighted by atomic mass is 127. The lowest BCUT2D eigenvalue weighted by Gasteiger charge is -2.12. The molecule has 0 aliphatic heterocycles. The fourth-order valence-electron chi connectivity index (χ4n) is 2.78. The predicted molar refractivity (Wildman–Crippen MR) is 132 cm³/mol. The Morgan fingerprint density at radius 2 is 1.90 bits per heavy atom. The summed E-state index contributed by atoms with van der Waals surface area (Å²) in [4.78, 5) is 20.4. The largest absolute Gasteiger partial charge is 0.484 e. The summed E-state index contributed by atoms with van der Waals surface area (Å²) in [5.41, 5.74) is 2.31. The Kier molecular flexibility index (Phi) is 10.4. The predicted octanol–water partition coefficient (Wildman–Crippen LogP) is 2.68. The Labute approximate surface area is 199 Å². The highest BCUT2D eigenvalue weighted by molar-refractivity contribution is 14.0. The molecule has 0 saturated heterocycles. The van der Waals surface area contributed by atoms with Gasteiger partial charge in [0.25, 0.3) is 5.91 Å². The smallest absolute Gasteiger partial charge is 0.258 e. The zero-order valence-corrected chi connectivity index (χ0v) is 20.6. The normalized spacial score (nSPS) is 13.3. The second-order valence-electron chi connectivity index (χ2n) is 7.06. The number of nitrogens with one attached hydrogen (secondary N) is 3. The van der Waals surface area contributed by atoms with Crippen molar-refractivity contribution in [3.8, 4) is 5.75 Å². The lowest BCUT2D eigenvalue weighted by atomic mass is 10.1. The highest BCUT2D eigenvalue weighted by Crippen LogP contribution is 2.18. The summed E-state index contributed by atoms with van der Waals surface area (Å²) < 4.78 is 5.53. The molecular weight excluding hydrogens is 513 g/mol. The molecular formula is C21H30IN5O2S. The van der Waals surface area contributed by atoms with E-state index in [1.54, 1.807) is 18.4 Å². The van der Waals surface area contributed by atoms with Crippen molar-refractivity contribution in [2.45, 2.75) is 38.6 Å². The van der Waals surface area contributed by atoms with Gasteiger partial charge in [0.05, 0.1) is 10.7 Å². The van der Waals surface area contributed by atoms with Gasteiger partial charge in [-0.3, -0.25) is 9.79 Å². The summed E-state index contributed by atoms with van der Waals surface area (Å²) in [5.74, 6) is 1.45. The molecule has 1 aromatic heterocycles. The van der Waals surface area contributed by atoms with Crippen LogP contribution in [0.1, 0.15) is 29.1 Å². The molecule has 7 nitrogen and oxygen atoms in total. The van der Waals surface area contributed by atoms with Gasteiger partial charge < -0.3 is 20.7 Å². The van der Waals surface area contributed by atoms with Crippen molar-refractivity contribution in [3.05, 3.63) is 45.9 Å². The number of guanidine groups is 1. The molecule has 0 atom stereocenters. The van der Waals surface area contributed by atoms with Crippen LogP contribution in [-0.4, -0.2) is 49.6 Å². The zero-order valence-electron chi connectivity index (χ0n) is 17.4. The number of ether oxygens (including phenoxy) is 1. The molecule has 30 heavy (non-hydrogen) atoms. The van der Waals surface area contributed by atoms with Crippen LogP contribution in [0.3, 0.4) is 0 Å². The number of rotatable bonds is 10. The Hall–Kier alpha value is -1.88. The van der Waals surface area contributed by atoms with Crippen molar-refractivity contribution >= 4 is 47.2 Å². The van der Waals surface area contributed by atoms with Crippen LogP contribution in [-0.2, 0) is 17.6 Å². The van der Waals surface area contributed by atoms with Gasteiger partial charge in [0.2, 0.25) is 0 Å². The summed E-state index contributed by atoms with van der Waals surface area (Å²) >= 11 is 1.68. The first-order valence-electron chi connectivity index (χ1n) is 9.99. The fraction of sp³-hybridized carbons (Fsp3) is 0.476. The van der Waals surface area contributed by atoms with Crippen molar-refractivity contribution in [2.75, 3.05) is 26.7 Å². The topological polar surface area (TPSA) is 87.6 Å². The minimum absolute atomic E-state index is 0. The van der Waals surface area contributed by atoms with Gasteiger partial charge >= 0.3 is 0 Å². The van der Waals surface area contributed by atoms with E-state index < -0.39 is 0 Å². The van der Waals surface area contributed by atoms with Crippen LogP contribution in [0.5, 0.6) is 5.75 Å². The number of halogens is 1. The Morgan fingerprint density at radius 3 is 2.50 bits per heavy atom. The Balaban J connectivity index is 0.00000320. The van der Waals surface area contributed by atoms with E-state index in [2.05, 4.69) is 31.3 Å². The molecule has 9 heteroatoms. The number of carbonyl (C=O) groups is 1. The Morgan fingerprint density at radius 1 is 1.20 bits per heavy atom. The molecule has 1 heterocycles. The molecule has 0 radical (unpaired) electrons. The summed E-state index contributed by atoms with van der Waals surface area (Å²) in [7, 11) is 1.77. The molecule has 1 aromatic carbocycles. The maximum absolute atomic E-state index is 11.7. The molecule has 0 bridgehead atoms. The zero-order chi connectivity index (χ0) is 20.5. The van der Waals surface area contributed by atoms with Crippen LogP contribution >= 0.6 is 35.3 Å². The van der Waals surface area contributed by atoms with Crippen LogP contribution < -0.4 is 20.7 Å². The van der Waals surface area contributed by atoms with Crippen LogP contribution in [0.2, 0.25) is 0 Å². The fourth-order valence-corrected chi connectivity index (χ4v) is 3.42. The molecule has 1 fully saturated rings. The second kappa shape index (κ2) is 12.7. The SMILES string of the molecule is CN=C(NCCc1ccc(OCC(=O)NC2CC2)cc1)NCCc1csc(C)n1.I. The van der Waals surface area contributed by atoms with Gasteiger partial charge in [0, 0.05) is 38.0 Å². The number of nitrogens with zero attached hydrogens (tertiary/aromatic N) is 2. The van der Waals surface area contributed by atoms with Gasteiger partial charge in [-0.05, 0) is 43.9 Å². The van der Waals surface area contributed by atoms with Crippen molar-refractivity contribution < 1.29 is 9.53 Å². The van der Waals surface area contributed by atoms with E-state index in [4.69, 9.17) is 4.74 Å². The first kappa shape index (κ1) is 24.4. The van der Waals surface area contributed by atoms with E-state index >= 15 is 0 Å². The van der Waals surface area contributed by atoms with Crippen molar-refractivity contribution in [1.29, 1.82) is 0 Å². The quantitative estimate of drug-likeness (QED) is 0.244. The van der Waals surface area contributed by atoms with Crippen LogP contribution in [0.15, 0.2) is 34.6 Å². The van der Waals surface area contributed by atoms with E-state index in [9.17, 15) is 4.79 Å². The van der Waals surface area contributed by atoms with Gasteiger partial charge in [-0.2, -0.15) is 0 Å². The van der Waals surface area contributed by atoms with Crippen LogP contribution in [0.25, 0.3) is 0 Å². The number of carbonyl (C=O) groups excluding carboxylic acids is 1. The maximum atomic E-state index is 11.7. The minimum Gasteiger partial charge on any atom is -0.484 e. The van der Waals surface area contributed by atoms with E-state index in [0.29, 0.717) is 11.8 Å². The summed E-state index contributed by atoms with van der Waals surface area (Å²) in [5, 5.41) is 12.7. The maximum Gasteiger partial charge on any atom is 0.258 e. The van der Waals surface area contributed by atoms with Gasteiger partial charge in [-0.25, -0.2) is 4.98 Å². The molecule has 0 unspecified atom stereocenters. The van der Waals surface area contributed by atoms with Gasteiger partial charge in [0.1, 0.15) is 5.75 Å². The van der Waals surface area contributed by atoms with E-state index in [-0.39, 0.29) is 36.5 Å². The summed E-state index contributed by atoms with van der Waals surface area (Å²) in [6.45, 7) is 3.66. The first-order valence-corrected chi connectivity index (χ1v) is 10.9. The number of thiazole rings is 1. The third-order valence-corrected chi connectivity index (χ3v) is 5.33. The number of benzene rings is 1. The minimum atomic E-state index is -0.0513. The van der Waals surface area contributed by atoms with Crippen molar-refractivity contribution in [3.63, 3.8) is 0 Å². The van der Waals surface area contributed by atoms with Gasteiger partial charge in [-0.1, -0.05) is 12.1 Å².